The second-order valence-electron chi connectivity index (χ2n) is 6.55. The number of nitrogens with one attached hydrogen (secondary N) is 2. The average molecular weight is 426 g/mol. The molecule has 4 rings (SSSR count). The Kier molecular flexibility index (Phi) is 4.86. The zero-order valence-electron chi connectivity index (χ0n) is 15.3. The maximum absolute atomic E-state index is 12.5. The van der Waals surface area contributed by atoms with E-state index in [4.69, 9.17) is 11.6 Å². The van der Waals surface area contributed by atoms with Gasteiger partial charge in [0, 0.05) is 17.5 Å². The van der Waals surface area contributed by atoms with Crippen molar-refractivity contribution in [2.45, 2.75) is 4.90 Å². The van der Waals surface area contributed by atoms with Gasteiger partial charge in [0.05, 0.1) is 26.5 Å². The normalized spacial score (nSPS) is 11.5. The zero-order valence-corrected chi connectivity index (χ0v) is 16.9. The second kappa shape index (κ2) is 7.35. The first kappa shape index (κ1) is 19.2. The van der Waals surface area contributed by atoms with Gasteiger partial charge >= 0.3 is 0 Å². The largest absolute Gasteiger partial charge is 0.338 e. The van der Waals surface area contributed by atoms with Crippen molar-refractivity contribution < 1.29 is 13.2 Å². The summed E-state index contributed by atoms with van der Waals surface area (Å²) >= 11 is 6.10. The Morgan fingerprint density at radius 2 is 1.76 bits per heavy atom. The molecule has 8 heteroatoms. The Morgan fingerprint density at radius 3 is 2.41 bits per heavy atom. The number of aromatic nitrogens is 2. The van der Waals surface area contributed by atoms with Crippen molar-refractivity contribution >= 4 is 44.1 Å². The van der Waals surface area contributed by atoms with Crippen LogP contribution in [0.2, 0.25) is 5.02 Å². The molecule has 0 radical (unpaired) electrons. The molecule has 1 aromatic heterocycles. The molecule has 0 bridgehead atoms. The van der Waals surface area contributed by atoms with E-state index in [1.54, 1.807) is 12.1 Å². The van der Waals surface area contributed by atoms with Gasteiger partial charge in [-0.2, -0.15) is 0 Å². The van der Waals surface area contributed by atoms with Crippen molar-refractivity contribution in [3.8, 4) is 11.4 Å². The van der Waals surface area contributed by atoms with Crippen LogP contribution in [0.3, 0.4) is 0 Å². The maximum atomic E-state index is 12.5. The standard InChI is InChI=1S/C21H16ClN3O3S/c1-29(27,28)15-10-11-16(17(22)12-15)21(26)23-14-8-6-13(7-9-14)20-24-18-4-2-3-5-19(18)25-20/h2-12H,1H3,(H,23,26)(H,24,25). The molecule has 0 fully saturated rings. The van der Waals surface area contributed by atoms with Gasteiger partial charge in [-0.25, -0.2) is 13.4 Å². The third kappa shape index (κ3) is 4.01. The fourth-order valence-corrected chi connectivity index (χ4v) is 3.89. The number of rotatable bonds is 4. The van der Waals surface area contributed by atoms with Gasteiger partial charge in [-0.3, -0.25) is 4.79 Å². The van der Waals surface area contributed by atoms with Crippen LogP contribution in [0, 0.1) is 0 Å². The van der Waals surface area contributed by atoms with E-state index in [1.165, 1.54) is 18.2 Å². The Labute approximate surface area is 172 Å². The Bertz CT molecular complexity index is 1300. The third-order valence-electron chi connectivity index (χ3n) is 4.42. The number of carbonyl (C=O) groups is 1. The Morgan fingerprint density at radius 1 is 1.03 bits per heavy atom. The maximum Gasteiger partial charge on any atom is 0.257 e. The molecule has 0 aliphatic carbocycles. The highest BCUT2D eigenvalue weighted by molar-refractivity contribution is 7.90. The number of hydrogen-bond acceptors (Lipinski definition) is 4. The topological polar surface area (TPSA) is 91.9 Å². The van der Waals surface area contributed by atoms with E-state index in [0.29, 0.717) is 5.69 Å². The number of fused-ring (bicyclic) bond motifs is 1. The summed E-state index contributed by atoms with van der Waals surface area (Å²) in [7, 11) is -3.39. The summed E-state index contributed by atoms with van der Waals surface area (Å²) in [6.45, 7) is 0. The van der Waals surface area contributed by atoms with Crippen LogP contribution in [0.4, 0.5) is 5.69 Å². The highest BCUT2D eigenvalue weighted by atomic mass is 35.5. The van der Waals surface area contributed by atoms with Crippen LogP contribution >= 0.6 is 11.6 Å². The Balaban J connectivity index is 1.53. The van der Waals surface area contributed by atoms with E-state index in [2.05, 4.69) is 15.3 Å². The van der Waals surface area contributed by atoms with Gasteiger partial charge in [-0.05, 0) is 54.6 Å². The van der Waals surface area contributed by atoms with Gasteiger partial charge in [0.1, 0.15) is 5.82 Å². The Hall–Kier alpha value is -3.16. The first-order valence-corrected chi connectivity index (χ1v) is 10.9. The number of hydrogen-bond donors (Lipinski definition) is 2. The molecule has 0 atom stereocenters. The first-order valence-electron chi connectivity index (χ1n) is 8.67. The highest BCUT2D eigenvalue weighted by Gasteiger charge is 2.15. The molecule has 4 aromatic rings. The molecule has 1 heterocycles. The smallest absolute Gasteiger partial charge is 0.257 e. The number of amides is 1. The zero-order chi connectivity index (χ0) is 20.6. The van der Waals surface area contributed by atoms with Crippen LogP contribution in [0.1, 0.15) is 10.4 Å². The molecule has 0 aliphatic heterocycles. The van der Waals surface area contributed by atoms with Crippen molar-refractivity contribution in [2.75, 3.05) is 11.6 Å². The number of anilines is 1. The summed E-state index contributed by atoms with van der Waals surface area (Å²) in [6, 6.07) is 19.0. The molecular weight excluding hydrogens is 410 g/mol. The number of aromatic amines is 1. The quantitative estimate of drug-likeness (QED) is 0.502. The van der Waals surface area contributed by atoms with Gasteiger partial charge < -0.3 is 10.3 Å². The summed E-state index contributed by atoms with van der Waals surface area (Å²) in [5, 5.41) is 2.83. The molecule has 1 amide bonds. The predicted octanol–water partition coefficient (Wildman–Crippen LogP) is 4.54. The van der Waals surface area contributed by atoms with E-state index in [1.807, 2.05) is 36.4 Å². The summed E-state index contributed by atoms with van der Waals surface area (Å²) in [4.78, 5) is 20.4. The lowest BCUT2D eigenvalue weighted by Crippen LogP contribution is -2.13. The number of para-hydroxylation sites is 2. The van der Waals surface area contributed by atoms with E-state index in [0.717, 1.165) is 28.7 Å². The van der Waals surface area contributed by atoms with Gasteiger partial charge in [0.25, 0.3) is 5.91 Å². The van der Waals surface area contributed by atoms with Crippen LogP contribution in [-0.4, -0.2) is 30.5 Å². The minimum absolute atomic E-state index is 0.0641. The number of imidazole rings is 1. The molecule has 29 heavy (non-hydrogen) atoms. The number of H-pyrrole nitrogens is 1. The first-order chi connectivity index (χ1) is 13.8. The molecule has 3 aromatic carbocycles. The van der Waals surface area contributed by atoms with E-state index < -0.39 is 15.7 Å². The second-order valence-corrected chi connectivity index (χ2v) is 8.97. The molecule has 146 valence electrons. The lowest BCUT2D eigenvalue weighted by molar-refractivity contribution is 0.102. The van der Waals surface area contributed by atoms with Crippen molar-refractivity contribution in [3.05, 3.63) is 77.3 Å². The average Bonchev–Trinajstić information content (AvgIpc) is 3.12. The molecule has 0 saturated carbocycles. The molecule has 0 unspecified atom stereocenters. The van der Waals surface area contributed by atoms with E-state index >= 15 is 0 Å². The number of carbonyl (C=O) groups excluding carboxylic acids is 1. The summed E-state index contributed by atoms with van der Waals surface area (Å²) in [6.07, 6.45) is 1.09. The summed E-state index contributed by atoms with van der Waals surface area (Å²) in [5.41, 5.74) is 3.49. The van der Waals surface area contributed by atoms with E-state index in [9.17, 15) is 13.2 Å². The van der Waals surface area contributed by atoms with Crippen LogP contribution in [-0.2, 0) is 9.84 Å². The van der Waals surface area contributed by atoms with Crippen LogP contribution < -0.4 is 5.32 Å². The highest BCUT2D eigenvalue weighted by Crippen LogP contribution is 2.24. The van der Waals surface area contributed by atoms with Crippen LogP contribution in [0.25, 0.3) is 22.4 Å². The number of sulfone groups is 1. The molecule has 6 nitrogen and oxygen atoms in total. The van der Waals surface area contributed by atoms with Crippen LogP contribution in [0.5, 0.6) is 0 Å². The van der Waals surface area contributed by atoms with Gasteiger partial charge in [-0.1, -0.05) is 23.7 Å². The van der Waals surface area contributed by atoms with Crippen molar-refractivity contribution in [1.29, 1.82) is 0 Å². The number of halogens is 1. The molecule has 0 spiro atoms. The predicted molar refractivity (Wildman–Crippen MR) is 114 cm³/mol. The van der Waals surface area contributed by atoms with Gasteiger partial charge in [0.2, 0.25) is 0 Å². The van der Waals surface area contributed by atoms with Crippen LogP contribution in [0.15, 0.2) is 71.6 Å². The molecule has 0 saturated heterocycles. The van der Waals surface area contributed by atoms with E-state index in [-0.39, 0.29) is 15.5 Å². The van der Waals surface area contributed by atoms with Gasteiger partial charge in [0.15, 0.2) is 9.84 Å². The van der Waals surface area contributed by atoms with Crippen molar-refractivity contribution in [1.82, 2.24) is 9.97 Å². The molecule has 0 aliphatic rings. The van der Waals surface area contributed by atoms with Crippen molar-refractivity contribution in [3.63, 3.8) is 0 Å². The van der Waals surface area contributed by atoms with Gasteiger partial charge in [-0.15, -0.1) is 0 Å². The summed E-state index contributed by atoms with van der Waals surface area (Å²) in [5.74, 6) is 0.315. The fourth-order valence-electron chi connectivity index (χ4n) is 2.91. The van der Waals surface area contributed by atoms with Crippen molar-refractivity contribution in [2.24, 2.45) is 0 Å². The lowest BCUT2D eigenvalue weighted by atomic mass is 10.1. The molecular formula is C21H16ClN3O3S. The third-order valence-corrected chi connectivity index (χ3v) is 5.84. The minimum atomic E-state index is -3.39. The lowest BCUT2D eigenvalue weighted by Gasteiger charge is -2.08. The number of nitrogens with zero attached hydrogens (tertiary/aromatic N) is 1. The number of benzene rings is 3. The monoisotopic (exact) mass is 425 g/mol. The minimum Gasteiger partial charge on any atom is -0.338 e. The SMILES string of the molecule is CS(=O)(=O)c1ccc(C(=O)Nc2ccc(-c3nc4ccccc4[nH]3)cc2)c(Cl)c1. The summed E-state index contributed by atoms with van der Waals surface area (Å²) < 4.78 is 23.2. The molecule has 2 N–H and O–H groups in total. The fraction of sp³-hybridized carbons (Fsp3) is 0.0476.